The molecule has 2 aliphatic rings. The molecule has 3 rings (SSSR count). The first kappa shape index (κ1) is 18.7. The molecule has 0 bridgehead atoms. The Morgan fingerprint density at radius 2 is 2.00 bits per heavy atom. The van der Waals surface area contributed by atoms with Gasteiger partial charge in [0.25, 0.3) is 5.91 Å². The van der Waals surface area contributed by atoms with Crippen LogP contribution in [0.2, 0.25) is 0 Å². The van der Waals surface area contributed by atoms with E-state index in [0.717, 1.165) is 16.7 Å². The van der Waals surface area contributed by atoms with Crippen LogP contribution in [-0.4, -0.2) is 61.1 Å². The molecule has 144 valence electrons. The molecule has 2 amide bonds. The maximum absolute atomic E-state index is 12.4. The summed E-state index contributed by atoms with van der Waals surface area (Å²) in [5.74, 6) is -3.06. The summed E-state index contributed by atoms with van der Waals surface area (Å²) in [7, 11) is -3.98. The Hall–Kier alpha value is -3.08. The third-order valence-corrected chi connectivity index (χ3v) is 4.58. The standard InChI is InChI=1S/C16H17N3O7S/c1-27(24,25)26-14-13(16(22)23)19-10(8-17-14)12(15(19)21)18-11(20)7-9-5-3-2-4-6-9/h2-6,10,12,17H,7-8H2,1H3,(H,18,20)(H,22,23). The van der Waals surface area contributed by atoms with Gasteiger partial charge >= 0.3 is 16.1 Å². The van der Waals surface area contributed by atoms with Crippen molar-refractivity contribution < 1.29 is 32.1 Å². The number of carbonyl (C=O) groups excluding carboxylic acids is 2. The number of β-lactam (4-membered cyclic amide) rings is 1. The molecule has 3 N–H and O–H groups in total. The van der Waals surface area contributed by atoms with E-state index in [1.54, 1.807) is 24.3 Å². The highest BCUT2D eigenvalue weighted by Crippen LogP contribution is 2.31. The second-order valence-electron chi connectivity index (χ2n) is 6.13. The molecule has 10 nitrogen and oxygen atoms in total. The average molecular weight is 395 g/mol. The lowest BCUT2D eigenvalue weighted by Crippen LogP contribution is -2.75. The van der Waals surface area contributed by atoms with Crippen LogP contribution in [0.4, 0.5) is 0 Å². The molecular formula is C16H17N3O7S. The molecule has 2 aliphatic heterocycles. The Labute approximate surface area is 154 Å². The van der Waals surface area contributed by atoms with Crippen molar-refractivity contribution in [3.05, 3.63) is 47.5 Å². The van der Waals surface area contributed by atoms with Crippen LogP contribution in [0.3, 0.4) is 0 Å². The lowest BCUT2D eigenvalue weighted by Gasteiger charge is -2.49. The fourth-order valence-corrected chi connectivity index (χ4v) is 3.45. The van der Waals surface area contributed by atoms with Crippen molar-refractivity contribution in [1.82, 2.24) is 15.5 Å². The minimum absolute atomic E-state index is 0.0314. The van der Waals surface area contributed by atoms with E-state index < -0.39 is 45.7 Å². The van der Waals surface area contributed by atoms with Gasteiger partial charge in [0, 0.05) is 6.54 Å². The molecule has 1 aromatic rings. The van der Waals surface area contributed by atoms with Crippen LogP contribution < -0.4 is 10.6 Å². The van der Waals surface area contributed by atoms with Crippen molar-refractivity contribution >= 4 is 27.9 Å². The highest BCUT2D eigenvalue weighted by molar-refractivity contribution is 7.86. The second kappa shape index (κ2) is 6.91. The van der Waals surface area contributed by atoms with E-state index in [9.17, 15) is 27.9 Å². The van der Waals surface area contributed by atoms with Gasteiger partial charge in [0.2, 0.25) is 11.8 Å². The number of nitrogens with zero attached hydrogens (tertiary/aromatic N) is 1. The number of carbonyl (C=O) groups is 3. The lowest BCUT2D eigenvalue weighted by molar-refractivity contribution is -0.156. The third kappa shape index (κ3) is 3.87. The number of rotatable bonds is 6. The molecule has 0 saturated carbocycles. The van der Waals surface area contributed by atoms with Crippen LogP contribution in [0, 0.1) is 0 Å². The van der Waals surface area contributed by atoms with Gasteiger partial charge in [0.15, 0.2) is 5.70 Å². The normalized spacial score (nSPS) is 21.7. The van der Waals surface area contributed by atoms with E-state index in [-0.39, 0.29) is 18.9 Å². The highest BCUT2D eigenvalue weighted by atomic mass is 32.2. The van der Waals surface area contributed by atoms with Crippen LogP contribution in [0.25, 0.3) is 0 Å². The van der Waals surface area contributed by atoms with Crippen molar-refractivity contribution in [2.75, 3.05) is 12.8 Å². The van der Waals surface area contributed by atoms with E-state index in [1.807, 2.05) is 6.07 Å². The van der Waals surface area contributed by atoms with Crippen molar-refractivity contribution in [3.63, 3.8) is 0 Å². The molecular weight excluding hydrogens is 378 g/mol. The number of carboxylic acid groups (broad SMARTS) is 1. The first-order valence-corrected chi connectivity index (χ1v) is 9.76. The van der Waals surface area contributed by atoms with Crippen molar-refractivity contribution in [1.29, 1.82) is 0 Å². The first-order chi connectivity index (χ1) is 12.7. The maximum atomic E-state index is 12.4. The van der Waals surface area contributed by atoms with Crippen molar-refractivity contribution in [2.45, 2.75) is 18.5 Å². The molecule has 2 heterocycles. The Kier molecular flexibility index (Phi) is 4.79. The zero-order chi connectivity index (χ0) is 19.8. The van der Waals surface area contributed by atoms with E-state index in [1.165, 1.54) is 0 Å². The van der Waals surface area contributed by atoms with Gasteiger partial charge in [0.1, 0.15) is 6.04 Å². The molecule has 0 radical (unpaired) electrons. The van der Waals surface area contributed by atoms with Gasteiger partial charge in [-0.3, -0.25) is 14.5 Å². The summed E-state index contributed by atoms with van der Waals surface area (Å²) in [4.78, 5) is 37.0. The lowest BCUT2D eigenvalue weighted by atomic mass is 9.91. The summed E-state index contributed by atoms with van der Waals surface area (Å²) >= 11 is 0. The molecule has 1 saturated heterocycles. The maximum Gasteiger partial charge on any atom is 0.358 e. The summed E-state index contributed by atoms with van der Waals surface area (Å²) in [6.45, 7) is 0.0314. The molecule has 0 aromatic heterocycles. The van der Waals surface area contributed by atoms with E-state index >= 15 is 0 Å². The minimum atomic E-state index is -3.98. The molecule has 1 aromatic carbocycles. The number of hydrogen-bond donors (Lipinski definition) is 3. The number of aliphatic carboxylic acids is 1. The van der Waals surface area contributed by atoms with E-state index in [2.05, 4.69) is 14.8 Å². The summed E-state index contributed by atoms with van der Waals surface area (Å²) < 4.78 is 27.2. The van der Waals surface area contributed by atoms with Gasteiger partial charge in [-0.25, -0.2) is 4.79 Å². The number of benzene rings is 1. The summed E-state index contributed by atoms with van der Waals surface area (Å²) in [5.41, 5.74) is 0.172. The van der Waals surface area contributed by atoms with Crippen LogP contribution >= 0.6 is 0 Å². The average Bonchev–Trinajstić information content (AvgIpc) is 2.58. The molecule has 0 spiro atoms. The number of hydrogen-bond acceptors (Lipinski definition) is 7. The fourth-order valence-electron chi connectivity index (χ4n) is 3.00. The number of amides is 2. The molecule has 2 atom stereocenters. The third-order valence-electron chi connectivity index (χ3n) is 4.11. The number of nitrogens with one attached hydrogen (secondary N) is 2. The van der Waals surface area contributed by atoms with Gasteiger partial charge in [-0.1, -0.05) is 30.3 Å². The van der Waals surface area contributed by atoms with Crippen molar-refractivity contribution in [3.8, 4) is 0 Å². The Balaban J connectivity index is 1.73. The number of carboxylic acids is 1. The number of fused-ring (bicyclic) bond motifs is 1. The molecule has 2 unspecified atom stereocenters. The largest absolute Gasteiger partial charge is 0.476 e. The fraction of sp³-hybridized carbons (Fsp3) is 0.312. The van der Waals surface area contributed by atoms with Gasteiger partial charge in [0.05, 0.1) is 18.7 Å². The minimum Gasteiger partial charge on any atom is -0.476 e. The quantitative estimate of drug-likeness (QED) is 0.401. The Bertz CT molecular complexity index is 927. The topological polar surface area (TPSA) is 142 Å². The zero-order valence-electron chi connectivity index (χ0n) is 14.2. The molecule has 0 aliphatic carbocycles. The summed E-state index contributed by atoms with van der Waals surface area (Å²) in [6.07, 6.45) is 0.840. The predicted molar refractivity (Wildman–Crippen MR) is 91.3 cm³/mol. The van der Waals surface area contributed by atoms with Crippen molar-refractivity contribution in [2.24, 2.45) is 0 Å². The molecule has 1 fully saturated rings. The van der Waals surface area contributed by atoms with Crippen LogP contribution in [0.5, 0.6) is 0 Å². The van der Waals surface area contributed by atoms with Crippen LogP contribution in [0.15, 0.2) is 41.9 Å². The monoisotopic (exact) mass is 395 g/mol. The Morgan fingerprint density at radius 1 is 1.33 bits per heavy atom. The predicted octanol–water partition coefficient (Wildman–Crippen LogP) is -1.24. The van der Waals surface area contributed by atoms with Gasteiger partial charge in [-0.15, -0.1) is 0 Å². The first-order valence-electron chi connectivity index (χ1n) is 7.94. The van der Waals surface area contributed by atoms with Gasteiger partial charge in [-0.05, 0) is 5.56 Å². The van der Waals surface area contributed by atoms with Gasteiger partial charge in [-0.2, -0.15) is 8.42 Å². The van der Waals surface area contributed by atoms with E-state index in [0.29, 0.717) is 0 Å². The Morgan fingerprint density at radius 3 is 2.59 bits per heavy atom. The summed E-state index contributed by atoms with van der Waals surface area (Å²) in [6, 6.07) is 7.39. The molecule has 27 heavy (non-hydrogen) atoms. The highest BCUT2D eigenvalue weighted by Gasteiger charge is 2.54. The summed E-state index contributed by atoms with van der Waals surface area (Å²) in [5, 5.41) is 14.5. The van der Waals surface area contributed by atoms with E-state index in [4.69, 9.17) is 0 Å². The van der Waals surface area contributed by atoms with Gasteiger partial charge < -0.3 is 19.9 Å². The second-order valence-corrected chi connectivity index (χ2v) is 7.71. The van der Waals surface area contributed by atoms with Crippen LogP contribution in [-0.2, 0) is 35.1 Å². The zero-order valence-corrected chi connectivity index (χ0v) is 15.0. The van der Waals surface area contributed by atoms with Crippen LogP contribution in [0.1, 0.15) is 5.56 Å². The molecule has 11 heteroatoms. The SMILES string of the molecule is CS(=O)(=O)OC1=C(C(=O)O)N2C(=O)C(NC(=O)Cc3ccccc3)C2CN1. The smallest absolute Gasteiger partial charge is 0.358 e.